The number of anilines is 1. The molecule has 0 spiro atoms. The molecule has 26 heavy (non-hydrogen) atoms. The standard InChI is InChI=1S/C19H15ClFNO4/c1-10-7-8-11(2)14(9-10)22-16-15(20)18(24)26-19(16)25-17(23)12-5-3-4-6-13(12)21/h3-9,19,22H,1-2H3. The fourth-order valence-corrected chi connectivity index (χ4v) is 2.60. The molecule has 1 N–H and O–H groups in total. The maximum Gasteiger partial charge on any atom is 0.355 e. The van der Waals surface area contributed by atoms with Crippen LogP contribution in [0.3, 0.4) is 0 Å². The molecule has 0 bridgehead atoms. The van der Waals surface area contributed by atoms with Crippen LogP contribution in [0.2, 0.25) is 0 Å². The number of carbonyl (C=O) groups excluding carboxylic acids is 2. The average molecular weight is 376 g/mol. The van der Waals surface area contributed by atoms with E-state index in [4.69, 9.17) is 21.1 Å². The molecule has 134 valence electrons. The van der Waals surface area contributed by atoms with Crippen LogP contribution in [-0.4, -0.2) is 18.2 Å². The first-order valence-electron chi connectivity index (χ1n) is 7.77. The molecule has 0 radical (unpaired) electrons. The second-order valence-electron chi connectivity index (χ2n) is 5.79. The number of cyclic esters (lactones) is 1. The van der Waals surface area contributed by atoms with Crippen LogP contribution in [-0.2, 0) is 14.3 Å². The Bertz CT molecular complexity index is 926. The van der Waals surface area contributed by atoms with Crippen LogP contribution in [0, 0.1) is 19.7 Å². The Kier molecular flexibility index (Phi) is 4.95. The van der Waals surface area contributed by atoms with Gasteiger partial charge in [-0.2, -0.15) is 0 Å². The maximum absolute atomic E-state index is 13.7. The number of esters is 2. The lowest BCUT2D eigenvalue weighted by Crippen LogP contribution is -2.24. The van der Waals surface area contributed by atoms with Crippen LogP contribution < -0.4 is 5.32 Å². The van der Waals surface area contributed by atoms with E-state index in [0.29, 0.717) is 5.69 Å². The third-order valence-electron chi connectivity index (χ3n) is 3.84. The van der Waals surface area contributed by atoms with E-state index in [1.165, 1.54) is 18.2 Å². The lowest BCUT2D eigenvalue weighted by atomic mass is 10.1. The average Bonchev–Trinajstić information content (AvgIpc) is 2.86. The first-order chi connectivity index (χ1) is 12.4. The Balaban J connectivity index is 1.85. The highest BCUT2D eigenvalue weighted by Gasteiger charge is 2.37. The van der Waals surface area contributed by atoms with Crippen LogP contribution >= 0.6 is 11.6 Å². The summed E-state index contributed by atoms with van der Waals surface area (Å²) in [5.74, 6) is -2.53. The molecule has 2 aromatic carbocycles. The first kappa shape index (κ1) is 17.9. The third kappa shape index (κ3) is 3.55. The molecule has 1 heterocycles. The van der Waals surface area contributed by atoms with Gasteiger partial charge in [-0.05, 0) is 43.2 Å². The van der Waals surface area contributed by atoms with Crippen molar-refractivity contribution in [2.75, 3.05) is 5.32 Å². The molecule has 2 aromatic rings. The summed E-state index contributed by atoms with van der Waals surface area (Å²) in [7, 11) is 0. The van der Waals surface area contributed by atoms with E-state index in [2.05, 4.69) is 5.32 Å². The van der Waals surface area contributed by atoms with E-state index in [0.717, 1.165) is 17.2 Å². The van der Waals surface area contributed by atoms with Gasteiger partial charge in [0.15, 0.2) is 5.03 Å². The summed E-state index contributed by atoms with van der Waals surface area (Å²) in [6.07, 6.45) is -1.39. The molecule has 3 rings (SSSR count). The first-order valence-corrected chi connectivity index (χ1v) is 8.15. The zero-order valence-electron chi connectivity index (χ0n) is 14.0. The van der Waals surface area contributed by atoms with Crippen LogP contribution in [0.4, 0.5) is 10.1 Å². The number of carbonyl (C=O) groups is 2. The zero-order valence-corrected chi connectivity index (χ0v) is 14.8. The lowest BCUT2D eigenvalue weighted by molar-refractivity contribution is -0.152. The van der Waals surface area contributed by atoms with Gasteiger partial charge in [0, 0.05) is 5.69 Å². The molecule has 0 aliphatic carbocycles. The summed E-state index contributed by atoms with van der Waals surface area (Å²) in [6.45, 7) is 3.78. The molecule has 0 amide bonds. The molecule has 1 aliphatic rings. The molecule has 0 fully saturated rings. The van der Waals surface area contributed by atoms with E-state index in [1.54, 1.807) is 0 Å². The number of hydrogen-bond acceptors (Lipinski definition) is 5. The zero-order chi connectivity index (χ0) is 18.8. The van der Waals surface area contributed by atoms with Gasteiger partial charge < -0.3 is 14.8 Å². The number of benzene rings is 2. The van der Waals surface area contributed by atoms with Crippen LogP contribution in [0.25, 0.3) is 0 Å². The molecule has 0 aromatic heterocycles. The monoisotopic (exact) mass is 375 g/mol. The molecular weight excluding hydrogens is 361 g/mol. The molecule has 1 aliphatic heterocycles. The Morgan fingerprint density at radius 2 is 1.96 bits per heavy atom. The minimum atomic E-state index is -1.39. The predicted octanol–water partition coefficient (Wildman–Crippen LogP) is 4.04. The van der Waals surface area contributed by atoms with Crippen molar-refractivity contribution in [2.45, 2.75) is 20.1 Å². The smallest absolute Gasteiger partial charge is 0.355 e. The Labute approximate surface area is 154 Å². The topological polar surface area (TPSA) is 64.6 Å². The van der Waals surface area contributed by atoms with Gasteiger partial charge in [0.1, 0.15) is 11.5 Å². The van der Waals surface area contributed by atoms with Crippen molar-refractivity contribution in [3.05, 3.63) is 75.7 Å². The van der Waals surface area contributed by atoms with Gasteiger partial charge in [-0.1, -0.05) is 35.9 Å². The Morgan fingerprint density at radius 1 is 1.23 bits per heavy atom. The van der Waals surface area contributed by atoms with Gasteiger partial charge in [-0.3, -0.25) is 0 Å². The van der Waals surface area contributed by atoms with E-state index in [-0.39, 0.29) is 16.3 Å². The number of halogens is 2. The van der Waals surface area contributed by atoms with Crippen molar-refractivity contribution >= 4 is 29.2 Å². The van der Waals surface area contributed by atoms with Crippen LogP contribution in [0.15, 0.2) is 53.2 Å². The van der Waals surface area contributed by atoms with Gasteiger partial charge >= 0.3 is 11.9 Å². The van der Waals surface area contributed by atoms with Crippen molar-refractivity contribution in [3.8, 4) is 0 Å². The normalized spacial score (nSPS) is 16.5. The summed E-state index contributed by atoms with van der Waals surface area (Å²) >= 11 is 6.00. The SMILES string of the molecule is Cc1ccc(C)c(NC2=C(Cl)C(=O)OC2OC(=O)c2ccccc2F)c1. The number of nitrogens with one attached hydrogen (secondary N) is 1. The highest BCUT2D eigenvalue weighted by Crippen LogP contribution is 2.30. The van der Waals surface area contributed by atoms with Gasteiger partial charge in [0.05, 0.1) is 5.56 Å². The summed E-state index contributed by atoms with van der Waals surface area (Å²) < 4.78 is 23.9. The fraction of sp³-hybridized carbons (Fsp3) is 0.158. The summed E-state index contributed by atoms with van der Waals surface area (Å²) in [4.78, 5) is 24.0. The van der Waals surface area contributed by atoms with Gasteiger partial charge in [0.2, 0.25) is 0 Å². The van der Waals surface area contributed by atoms with Crippen LogP contribution in [0.5, 0.6) is 0 Å². The fourth-order valence-electron chi connectivity index (χ4n) is 2.42. The molecular formula is C19H15ClFNO4. The quantitative estimate of drug-likeness (QED) is 0.817. The van der Waals surface area contributed by atoms with Gasteiger partial charge in [-0.15, -0.1) is 0 Å². The second-order valence-corrected chi connectivity index (χ2v) is 6.17. The van der Waals surface area contributed by atoms with E-state index < -0.39 is 24.0 Å². The number of ether oxygens (including phenoxy) is 2. The number of aryl methyl sites for hydroxylation is 2. The summed E-state index contributed by atoms with van der Waals surface area (Å²) in [5, 5.41) is 2.76. The molecule has 0 saturated heterocycles. The molecule has 1 atom stereocenters. The van der Waals surface area contributed by atoms with Crippen LogP contribution in [0.1, 0.15) is 21.5 Å². The number of rotatable bonds is 4. The molecule has 5 nitrogen and oxygen atoms in total. The summed E-state index contributed by atoms with van der Waals surface area (Å²) in [6, 6.07) is 11.0. The highest BCUT2D eigenvalue weighted by atomic mass is 35.5. The second kappa shape index (κ2) is 7.17. The van der Waals surface area contributed by atoms with Crippen molar-refractivity contribution in [3.63, 3.8) is 0 Å². The highest BCUT2D eigenvalue weighted by molar-refractivity contribution is 6.42. The van der Waals surface area contributed by atoms with Crippen molar-refractivity contribution in [2.24, 2.45) is 0 Å². The third-order valence-corrected chi connectivity index (χ3v) is 4.19. The lowest BCUT2D eigenvalue weighted by Gasteiger charge is -2.17. The Hall–Kier alpha value is -2.86. The Morgan fingerprint density at radius 3 is 2.69 bits per heavy atom. The van der Waals surface area contributed by atoms with E-state index in [9.17, 15) is 14.0 Å². The van der Waals surface area contributed by atoms with Crippen molar-refractivity contribution in [1.82, 2.24) is 0 Å². The van der Waals surface area contributed by atoms with E-state index in [1.807, 2.05) is 32.0 Å². The van der Waals surface area contributed by atoms with Crippen molar-refractivity contribution < 1.29 is 23.5 Å². The summed E-state index contributed by atoms with van der Waals surface area (Å²) in [5.41, 5.74) is 2.39. The predicted molar refractivity (Wildman–Crippen MR) is 94.1 cm³/mol. The van der Waals surface area contributed by atoms with E-state index >= 15 is 0 Å². The molecule has 0 saturated carbocycles. The number of hydrogen-bond donors (Lipinski definition) is 1. The van der Waals surface area contributed by atoms with Gasteiger partial charge in [-0.25, -0.2) is 14.0 Å². The minimum Gasteiger partial charge on any atom is -0.415 e. The maximum atomic E-state index is 13.7. The molecule has 7 heteroatoms. The minimum absolute atomic E-state index is 0.0926. The van der Waals surface area contributed by atoms with Crippen molar-refractivity contribution in [1.29, 1.82) is 0 Å². The van der Waals surface area contributed by atoms with Gasteiger partial charge in [0.25, 0.3) is 6.29 Å². The molecule has 1 unspecified atom stereocenters. The largest absolute Gasteiger partial charge is 0.415 e.